The Kier molecular flexibility index (Phi) is 6.36. The highest BCUT2D eigenvalue weighted by molar-refractivity contribution is 5.70. The zero-order chi connectivity index (χ0) is 20.1. The van der Waals surface area contributed by atoms with Crippen molar-refractivity contribution >= 4 is 5.97 Å². The van der Waals surface area contributed by atoms with Crippen molar-refractivity contribution < 1.29 is 29.2 Å². The van der Waals surface area contributed by atoms with Gasteiger partial charge in [0, 0.05) is 12.3 Å². The number of aliphatic hydroxyl groups is 1. The third kappa shape index (κ3) is 4.92. The summed E-state index contributed by atoms with van der Waals surface area (Å²) in [7, 11) is 1.60. The zero-order valence-electron chi connectivity index (χ0n) is 15.9. The van der Waals surface area contributed by atoms with Crippen LogP contribution in [-0.4, -0.2) is 41.0 Å². The number of pyridine rings is 1. The molecular weight excluding hydrogens is 362 g/mol. The number of hydrogen-bond donors (Lipinski definition) is 2. The van der Waals surface area contributed by atoms with Crippen LogP contribution < -0.4 is 14.2 Å². The molecule has 7 heteroatoms. The Labute approximate surface area is 163 Å². The highest BCUT2D eigenvalue weighted by Gasteiger charge is 2.32. The smallest absolute Gasteiger partial charge is 0.309 e. The van der Waals surface area contributed by atoms with Crippen LogP contribution in [0.25, 0.3) is 0 Å². The summed E-state index contributed by atoms with van der Waals surface area (Å²) >= 11 is 0. The predicted molar refractivity (Wildman–Crippen MR) is 102 cm³/mol. The fourth-order valence-electron chi connectivity index (χ4n) is 3.09. The van der Waals surface area contributed by atoms with E-state index in [1.54, 1.807) is 49.7 Å². The Bertz CT molecular complexity index is 805. The molecular formula is C21H25NO6. The lowest BCUT2D eigenvalue weighted by atomic mass is 9.83. The second-order valence-electron chi connectivity index (χ2n) is 7.07. The zero-order valence-corrected chi connectivity index (χ0v) is 15.9. The average Bonchev–Trinajstić information content (AvgIpc) is 2.68. The Morgan fingerprint density at radius 1 is 1.25 bits per heavy atom. The molecule has 1 aromatic heterocycles. The maximum absolute atomic E-state index is 11.0. The summed E-state index contributed by atoms with van der Waals surface area (Å²) in [6.07, 6.45) is 2.44. The average molecular weight is 387 g/mol. The van der Waals surface area contributed by atoms with Crippen molar-refractivity contribution in [3.05, 3.63) is 48.2 Å². The standard InChI is InChI=1S/C21H25NO6/c1-13(21(24)25)20(23)15-4-3-5-17(10-15)27-12-14-8-18(9-14)28-19-11-16(26-2)6-7-22-19/h3-7,10-11,13-14,18,20,23H,8-9,12H2,1-2H3,(H,24,25)/t13-,14?,18?,20+/m0/s1. The SMILES string of the molecule is COc1ccnc(OC2CC(COc3cccc([C@H](O)[C@H](C)C(=O)O)c3)C2)c1. The van der Waals surface area contributed by atoms with Gasteiger partial charge in [-0.3, -0.25) is 4.79 Å². The number of methoxy groups -OCH3 is 1. The van der Waals surface area contributed by atoms with Crippen molar-refractivity contribution in [2.45, 2.75) is 32.0 Å². The molecule has 2 atom stereocenters. The highest BCUT2D eigenvalue weighted by atomic mass is 16.5. The molecule has 7 nitrogen and oxygen atoms in total. The molecule has 0 amide bonds. The van der Waals surface area contributed by atoms with Gasteiger partial charge in [0.2, 0.25) is 5.88 Å². The molecule has 0 spiro atoms. The second kappa shape index (κ2) is 8.93. The molecule has 0 saturated heterocycles. The van der Waals surface area contributed by atoms with Crippen molar-refractivity contribution in [3.8, 4) is 17.4 Å². The van der Waals surface area contributed by atoms with Gasteiger partial charge in [0.05, 0.1) is 25.7 Å². The summed E-state index contributed by atoms with van der Waals surface area (Å²) in [6.45, 7) is 2.02. The van der Waals surface area contributed by atoms with Gasteiger partial charge in [-0.2, -0.15) is 0 Å². The van der Waals surface area contributed by atoms with Gasteiger partial charge in [-0.25, -0.2) is 4.98 Å². The molecule has 0 unspecified atom stereocenters. The summed E-state index contributed by atoms with van der Waals surface area (Å²) in [5, 5.41) is 19.2. The summed E-state index contributed by atoms with van der Waals surface area (Å²) in [6, 6.07) is 10.5. The van der Waals surface area contributed by atoms with E-state index < -0.39 is 18.0 Å². The lowest BCUT2D eigenvalue weighted by Gasteiger charge is -2.34. The maximum atomic E-state index is 11.0. The van der Waals surface area contributed by atoms with Crippen LogP contribution in [0.3, 0.4) is 0 Å². The van der Waals surface area contributed by atoms with Gasteiger partial charge in [-0.1, -0.05) is 12.1 Å². The van der Waals surface area contributed by atoms with E-state index in [4.69, 9.17) is 19.3 Å². The van der Waals surface area contributed by atoms with Gasteiger partial charge < -0.3 is 24.4 Å². The fraction of sp³-hybridized carbons (Fsp3) is 0.429. The maximum Gasteiger partial charge on any atom is 0.309 e. The molecule has 1 aliphatic rings. The first-order chi connectivity index (χ1) is 13.5. The van der Waals surface area contributed by atoms with E-state index in [-0.39, 0.29) is 6.10 Å². The van der Waals surface area contributed by atoms with Gasteiger partial charge >= 0.3 is 5.97 Å². The molecule has 2 aromatic rings. The van der Waals surface area contributed by atoms with Gasteiger partial charge in [-0.05, 0) is 49.4 Å². The minimum atomic E-state index is -1.07. The number of benzene rings is 1. The van der Waals surface area contributed by atoms with Crippen LogP contribution in [0, 0.1) is 11.8 Å². The number of hydrogen-bond acceptors (Lipinski definition) is 6. The molecule has 1 heterocycles. The quantitative estimate of drug-likeness (QED) is 0.682. The predicted octanol–water partition coefficient (Wildman–Crippen LogP) is 3.08. The number of aliphatic hydroxyl groups excluding tert-OH is 1. The molecule has 1 aliphatic carbocycles. The van der Waals surface area contributed by atoms with Crippen molar-refractivity contribution in [3.63, 3.8) is 0 Å². The number of carboxylic acids is 1. The molecule has 1 fully saturated rings. The van der Waals surface area contributed by atoms with Crippen LogP contribution in [0.4, 0.5) is 0 Å². The molecule has 0 radical (unpaired) electrons. The van der Waals surface area contributed by atoms with E-state index in [1.165, 1.54) is 6.92 Å². The Morgan fingerprint density at radius 2 is 2.04 bits per heavy atom. The van der Waals surface area contributed by atoms with Gasteiger partial charge in [0.1, 0.15) is 17.6 Å². The molecule has 2 N–H and O–H groups in total. The normalized spacial score (nSPS) is 20.5. The van der Waals surface area contributed by atoms with Gasteiger partial charge in [0.25, 0.3) is 0 Å². The Morgan fingerprint density at radius 3 is 2.75 bits per heavy atom. The number of carbonyl (C=O) groups is 1. The van der Waals surface area contributed by atoms with Crippen molar-refractivity contribution in [2.24, 2.45) is 11.8 Å². The molecule has 1 saturated carbocycles. The van der Waals surface area contributed by atoms with Gasteiger partial charge in [0.15, 0.2) is 0 Å². The number of aromatic nitrogens is 1. The van der Waals surface area contributed by atoms with Crippen molar-refractivity contribution in [2.75, 3.05) is 13.7 Å². The van der Waals surface area contributed by atoms with Crippen LogP contribution in [0.15, 0.2) is 42.6 Å². The lowest BCUT2D eigenvalue weighted by Crippen LogP contribution is -2.37. The Hall–Kier alpha value is -2.80. The molecule has 0 bridgehead atoms. The summed E-state index contributed by atoms with van der Waals surface area (Å²) in [5.74, 6) is 0.339. The topological polar surface area (TPSA) is 98.1 Å². The van der Waals surface area contributed by atoms with E-state index in [0.29, 0.717) is 35.5 Å². The minimum Gasteiger partial charge on any atom is -0.497 e. The second-order valence-corrected chi connectivity index (χ2v) is 7.07. The number of ether oxygens (including phenoxy) is 3. The number of aliphatic carboxylic acids is 1. The monoisotopic (exact) mass is 387 g/mol. The molecule has 28 heavy (non-hydrogen) atoms. The van der Waals surface area contributed by atoms with Crippen molar-refractivity contribution in [1.29, 1.82) is 0 Å². The van der Waals surface area contributed by atoms with Crippen LogP contribution in [0.5, 0.6) is 17.4 Å². The number of carboxylic acid groups (broad SMARTS) is 1. The first-order valence-corrected chi connectivity index (χ1v) is 9.26. The minimum absolute atomic E-state index is 0.109. The molecule has 3 rings (SSSR count). The van der Waals surface area contributed by atoms with Crippen LogP contribution in [-0.2, 0) is 4.79 Å². The van der Waals surface area contributed by atoms with Crippen LogP contribution in [0.2, 0.25) is 0 Å². The first kappa shape index (κ1) is 19.9. The third-order valence-corrected chi connectivity index (χ3v) is 4.97. The summed E-state index contributed by atoms with van der Waals surface area (Å²) in [4.78, 5) is 15.2. The first-order valence-electron chi connectivity index (χ1n) is 9.26. The summed E-state index contributed by atoms with van der Waals surface area (Å²) < 4.78 is 16.8. The fourth-order valence-corrected chi connectivity index (χ4v) is 3.09. The van der Waals surface area contributed by atoms with E-state index in [1.807, 2.05) is 0 Å². The highest BCUT2D eigenvalue weighted by Crippen LogP contribution is 2.32. The van der Waals surface area contributed by atoms with Crippen LogP contribution >= 0.6 is 0 Å². The molecule has 1 aromatic carbocycles. The largest absolute Gasteiger partial charge is 0.497 e. The number of rotatable bonds is 9. The molecule has 150 valence electrons. The van der Waals surface area contributed by atoms with E-state index >= 15 is 0 Å². The van der Waals surface area contributed by atoms with E-state index in [9.17, 15) is 9.90 Å². The molecule has 0 aliphatic heterocycles. The summed E-state index contributed by atoms with van der Waals surface area (Å²) in [5.41, 5.74) is 0.534. The third-order valence-electron chi connectivity index (χ3n) is 4.97. The van der Waals surface area contributed by atoms with E-state index in [2.05, 4.69) is 4.98 Å². The lowest BCUT2D eigenvalue weighted by molar-refractivity contribution is -0.145. The van der Waals surface area contributed by atoms with Crippen LogP contribution in [0.1, 0.15) is 31.4 Å². The van der Waals surface area contributed by atoms with E-state index in [0.717, 1.165) is 12.8 Å². The van der Waals surface area contributed by atoms with Gasteiger partial charge in [-0.15, -0.1) is 0 Å². The van der Waals surface area contributed by atoms with Crippen molar-refractivity contribution in [1.82, 2.24) is 4.98 Å². The Balaban J connectivity index is 1.46. The number of nitrogens with zero attached hydrogens (tertiary/aromatic N) is 1.